The number of nitrogens with zero attached hydrogens (tertiary/aromatic N) is 1. The first-order valence-corrected chi connectivity index (χ1v) is 14.2. The van der Waals surface area contributed by atoms with Crippen molar-refractivity contribution in [2.45, 2.75) is 24.9 Å². The molecule has 1 spiro atoms. The zero-order valence-corrected chi connectivity index (χ0v) is 24.7. The highest BCUT2D eigenvalue weighted by molar-refractivity contribution is 5.94. The molecule has 3 aromatic carbocycles. The van der Waals surface area contributed by atoms with E-state index in [4.69, 9.17) is 15.0 Å². The minimum absolute atomic E-state index is 0.0472. The van der Waals surface area contributed by atoms with Crippen LogP contribution in [-0.2, 0) is 9.59 Å². The zero-order valence-electron chi connectivity index (χ0n) is 24.7. The maximum absolute atomic E-state index is 13.3. The highest BCUT2D eigenvalue weighted by Crippen LogP contribution is 2.47. The Labute approximate surface area is 265 Å². The van der Waals surface area contributed by atoms with E-state index in [1.54, 1.807) is 12.1 Å². The van der Waals surface area contributed by atoms with E-state index >= 15 is 0 Å². The van der Waals surface area contributed by atoms with Crippen LogP contribution < -0.4 is 10.6 Å². The Bertz CT molecular complexity index is 1520. The molecule has 2 aliphatic heterocycles. The van der Waals surface area contributed by atoms with E-state index in [-0.39, 0.29) is 34.9 Å². The van der Waals surface area contributed by atoms with Gasteiger partial charge in [0.05, 0.1) is 11.0 Å². The molecular weight excluding hydrogens is 636 g/mol. The number of aliphatic carboxylic acids is 1. The van der Waals surface area contributed by atoms with Gasteiger partial charge >= 0.3 is 18.1 Å². The van der Waals surface area contributed by atoms with Crippen LogP contribution in [-0.4, -0.2) is 77.8 Å². The summed E-state index contributed by atoms with van der Waals surface area (Å²) in [6.07, 6.45) is -3.63. The molecule has 2 fully saturated rings. The number of hydrogen-bond acceptors (Lipinski definition) is 5. The number of nitrogens with one attached hydrogen (secondary N) is 2. The van der Waals surface area contributed by atoms with Gasteiger partial charge in [0.2, 0.25) is 5.91 Å². The molecule has 0 unspecified atom stereocenters. The lowest BCUT2D eigenvalue weighted by atomic mass is 9.68. The number of amides is 2. The maximum Gasteiger partial charge on any atom is 0.490 e. The Balaban J connectivity index is 0.000000289. The number of carbonyl (C=O) groups excluding carboxylic acids is 2. The minimum Gasteiger partial charge on any atom is -0.478 e. The predicted molar refractivity (Wildman–Crippen MR) is 156 cm³/mol. The average molecular weight is 668 g/mol. The number of benzene rings is 3. The predicted octanol–water partition coefficient (Wildman–Crippen LogP) is 4.85. The Kier molecular flexibility index (Phi) is 12.5. The van der Waals surface area contributed by atoms with Gasteiger partial charge in [-0.2, -0.15) is 13.2 Å². The summed E-state index contributed by atoms with van der Waals surface area (Å²) in [6.45, 7) is 3.27. The number of carbonyl (C=O) groups is 4. The van der Waals surface area contributed by atoms with Gasteiger partial charge in [-0.3, -0.25) is 9.59 Å². The van der Waals surface area contributed by atoms with Gasteiger partial charge < -0.3 is 25.7 Å². The molecule has 0 saturated carbocycles. The standard InChI is InChI=1S/C23H25F2N3O2.C7H5FO2.C2HF3O2/c24-18-5-1-16(2-6-18)20-15-27-22(30)23(20)9-12-28(13-10-23)14-11-26-21(29)17-3-7-19(25)8-4-17;8-6-3-1-5(2-4-6)7(9)10;3-2(4,5)1(6)7/h1-8,20H,9-15H2,(H,26,29)(H,27,30);1-4H,(H,9,10);(H,6,7)/t20-;;/m0../s1. The first kappa shape index (κ1) is 36.5. The molecule has 47 heavy (non-hydrogen) atoms. The highest BCUT2D eigenvalue weighted by atomic mass is 19.4. The second-order valence-electron chi connectivity index (χ2n) is 10.7. The number of hydrogen-bond donors (Lipinski definition) is 4. The molecule has 0 aliphatic carbocycles. The van der Waals surface area contributed by atoms with E-state index in [0.717, 1.165) is 43.6 Å². The molecule has 0 aromatic heterocycles. The number of rotatable bonds is 6. The van der Waals surface area contributed by atoms with Crippen LogP contribution in [0.25, 0.3) is 0 Å². The molecule has 0 bridgehead atoms. The van der Waals surface area contributed by atoms with Crippen molar-refractivity contribution in [3.05, 3.63) is 107 Å². The summed E-state index contributed by atoms with van der Waals surface area (Å²) in [5.41, 5.74) is 1.07. The SMILES string of the molecule is O=C(NCCN1CCC2(CC1)C(=O)NC[C@H]2c1ccc(F)cc1)c1ccc(F)cc1.O=C(O)C(F)(F)F.O=C(O)c1ccc(F)cc1. The van der Waals surface area contributed by atoms with Crippen molar-refractivity contribution in [1.82, 2.24) is 15.5 Å². The minimum atomic E-state index is -5.08. The van der Waals surface area contributed by atoms with Gasteiger partial charge in [-0.25, -0.2) is 22.8 Å². The van der Waals surface area contributed by atoms with Gasteiger partial charge in [0.1, 0.15) is 17.5 Å². The van der Waals surface area contributed by atoms with Crippen molar-refractivity contribution < 1.29 is 55.7 Å². The third kappa shape index (κ3) is 10.3. The van der Waals surface area contributed by atoms with Crippen LogP contribution in [0.2, 0.25) is 0 Å². The van der Waals surface area contributed by atoms with Crippen LogP contribution in [0.1, 0.15) is 45.0 Å². The quantitative estimate of drug-likeness (QED) is 0.276. The zero-order chi connectivity index (χ0) is 34.8. The molecule has 0 radical (unpaired) electrons. The van der Waals surface area contributed by atoms with Gasteiger partial charge in [-0.1, -0.05) is 12.1 Å². The number of carboxylic acids is 2. The molecule has 252 valence electrons. The summed E-state index contributed by atoms with van der Waals surface area (Å²) < 4.78 is 70.2. The van der Waals surface area contributed by atoms with Crippen molar-refractivity contribution in [3.63, 3.8) is 0 Å². The average Bonchev–Trinajstić information content (AvgIpc) is 3.34. The molecule has 2 heterocycles. The van der Waals surface area contributed by atoms with Gasteiger partial charge in [-0.15, -0.1) is 0 Å². The van der Waals surface area contributed by atoms with Crippen LogP contribution in [0.15, 0.2) is 72.8 Å². The molecule has 1 atom stereocenters. The molecule has 4 N–H and O–H groups in total. The van der Waals surface area contributed by atoms with Crippen LogP contribution in [0.5, 0.6) is 0 Å². The van der Waals surface area contributed by atoms with E-state index in [1.807, 2.05) is 0 Å². The van der Waals surface area contributed by atoms with E-state index in [2.05, 4.69) is 15.5 Å². The van der Waals surface area contributed by atoms with Crippen molar-refractivity contribution in [2.24, 2.45) is 5.41 Å². The maximum atomic E-state index is 13.3. The van der Waals surface area contributed by atoms with Crippen LogP contribution in [0.3, 0.4) is 0 Å². The Morgan fingerprint density at radius 2 is 1.26 bits per heavy atom. The summed E-state index contributed by atoms with van der Waals surface area (Å²) in [4.78, 5) is 46.2. The number of aromatic carboxylic acids is 1. The number of alkyl halides is 3. The number of carboxylic acid groups (broad SMARTS) is 2. The van der Waals surface area contributed by atoms with E-state index < -0.39 is 29.3 Å². The van der Waals surface area contributed by atoms with Gasteiger partial charge in [0.25, 0.3) is 5.91 Å². The van der Waals surface area contributed by atoms with Crippen LogP contribution in [0, 0.1) is 22.9 Å². The van der Waals surface area contributed by atoms with Crippen molar-refractivity contribution in [1.29, 1.82) is 0 Å². The lowest BCUT2D eigenvalue weighted by Gasteiger charge is -2.41. The van der Waals surface area contributed by atoms with Crippen LogP contribution in [0.4, 0.5) is 26.3 Å². The Morgan fingerprint density at radius 1 is 0.809 bits per heavy atom. The molecular formula is C32H31F6N3O6. The molecule has 2 aliphatic rings. The lowest BCUT2D eigenvalue weighted by Crippen LogP contribution is -2.47. The van der Waals surface area contributed by atoms with E-state index in [9.17, 15) is 40.7 Å². The summed E-state index contributed by atoms with van der Waals surface area (Å²) in [5, 5.41) is 21.3. The first-order chi connectivity index (χ1) is 22.1. The highest BCUT2D eigenvalue weighted by Gasteiger charge is 2.51. The number of likely N-dealkylation sites (tertiary alicyclic amines) is 1. The molecule has 3 aromatic rings. The molecule has 5 rings (SSSR count). The van der Waals surface area contributed by atoms with Crippen LogP contribution >= 0.6 is 0 Å². The van der Waals surface area contributed by atoms with Crippen molar-refractivity contribution in [3.8, 4) is 0 Å². The fourth-order valence-corrected chi connectivity index (χ4v) is 5.23. The van der Waals surface area contributed by atoms with Crippen molar-refractivity contribution in [2.75, 3.05) is 32.7 Å². The Morgan fingerprint density at radius 3 is 1.70 bits per heavy atom. The van der Waals surface area contributed by atoms with E-state index in [0.29, 0.717) is 25.2 Å². The normalized spacial score (nSPS) is 17.0. The number of piperidine rings is 1. The summed E-state index contributed by atoms with van der Waals surface area (Å²) in [7, 11) is 0. The summed E-state index contributed by atoms with van der Waals surface area (Å²) in [5.74, 6) is -4.97. The topological polar surface area (TPSA) is 136 Å². The van der Waals surface area contributed by atoms with Gasteiger partial charge in [0, 0.05) is 31.1 Å². The fraction of sp³-hybridized carbons (Fsp3) is 0.312. The van der Waals surface area contributed by atoms with Crippen molar-refractivity contribution >= 4 is 23.8 Å². The van der Waals surface area contributed by atoms with Gasteiger partial charge in [0.15, 0.2) is 0 Å². The fourth-order valence-electron chi connectivity index (χ4n) is 5.23. The lowest BCUT2D eigenvalue weighted by molar-refractivity contribution is -0.192. The summed E-state index contributed by atoms with van der Waals surface area (Å²) in [6, 6.07) is 16.6. The first-order valence-electron chi connectivity index (χ1n) is 14.2. The largest absolute Gasteiger partial charge is 0.490 e. The second kappa shape index (κ2) is 16.1. The smallest absolute Gasteiger partial charge is 0.478 e. The third-order valence-electron chi connectivity index (χ3n) is 7.76. The molecule has 2 amide bonds. The summed E-state index contributed by atoms with van der Waals surface area (Å²) >= 11 is 0. The van der Waals surface area contributed by atoms with Gasteiger partial charge in [-0.05, 0) is 92.2 Å². The van der Waals surface area contributed by atoms with E-state index in [1.165, 1.54) is 48.5 Å². The monoisotopic (exact) mass is 667 g/mol. The molecule has 2 saturated heterocycles. The third-order valence-corrected chi connectivity index (χ3v) is 7.76. The molecule has 9 nitrogen and oxygen atoms in total. The molecule has 15 heteroatoms. The number of halogens is 6. The second-order valence-corrected chi connectivity index (χ2v) is 10.7. The Hall–Kier alpha value is -4.92.